The molecule has 142 valence electrons. The summed E-state index contributed by atoms with van der Waals surface area (Å²) in [7, 11) is -1.90. The van der Waals surface area contributed by atoms with Crippen molar-refractivity contribution in [1.29, 1.82) is 0 Å². The van der Waals surface area contributed by atoms with Crippen LogP contribution >= 0.6 is 0 Å². The molecule has 2 aromatic rings. The molecule has 1 amide bonds. The van der Waals surface area contributed by atoms with Crippen LogP contribution in [0.25, 0.3) is 0 Å². The van der Waals surface area contributed by atoms with Gasteiger partial charge in [-0.2, -0.15) is 8.42 Å². The molecule has 27 heavy (non-hydrogen) atoms. The Morgan fingerprint density at radius 3 is 2.67 bits per heavy atom. The van der Waals surface area contributed by atoms with Crippen molar-refractivity contribution in [1.82, 2.24) is 9.88 Å². The van der Waals surface area contributed by atoms with Crippen LogP contribution in [-0.2, 0) is 21.2 Å². The first kappa shape index (κ1) is 19.0. The Hall–Kier alpha value is -2.74. The van der Waals surface area contributed by atoms with Gasteiger partial charge < -0.3 is 10.2 Å². The summed E-state index contributed by atoms with van der Waals surface area (Å²) >= 11 is 0. The summed E-state index contributed by atoms with van der Waals surface area (Å²) in [5, 5.41) is 2.77. The Balaban J connectivity index is 1.60. The zero-order valence-corrected chi connectivity index (χ0v) is 15.9. The lowest BCUT2D eigenvalue weighted by Gasteiger charge is -2.11. The molecular formula is C19H22N4O3S. The lowest BCUT2D eigenvalue weighted by molar-refractivity contribution is -0.116. The number of nitrogens with zero attached hydrogens (tertiary/aromatic N) is 3. The number of aromatic nitrogens is 1. The van der Waals surface area contributed by atoms with Crippen molar-refractivity contribution < 1.29 is 13.2 Å². The Morgan fingerprint density at radius 1 is 1.26 bits per heavy atom. The highest BCUT2D eigenvalue weighted by atomic mass is 32.2. The number of anilines is 1. The summed E-state index contributed by atoms with van der Waals surface area (Å²) in [6.07, 6.45) is 5.92. The average molecular weight is 386 g/mol. The molecule has 1 aromatic heterocycles. The number of pyridine rings is 1. The van der Waals surface area contributed by atoms with E-state index in [1.807, 2.05) is 24.1 Å². The molecule has 7 nitrogen and oxygen atoms in total. The second-order valence-electron chi connectivity index (χ2n) is 6.44. The zero-order chi connectivity index (χ0) is 19.3. The summed E-state index contributed by atoms with van der Waals surface area (Å²) in [5.74, 6) is 0.449. The summed E-state index contributed by atoms with van der Waals surface area (Å²) in [6, 6.07) is 9.83. The first-order chi connectivity index (χ1) is 12.9. The molecular weight excluding hydrogens is 364 g/mol. The first-order valence-electron chi connectivity index (χ1n) is 8.78. The van der Waals surface area contributed by atoms with Gasteiger partial charge in [-0.05, 0) is 48.7 Å². The molecule has 0 bridgehead atoms. The van der Waals surface area contributed by atoms with Crippen LogP contribution in [-0.4, -0.2) is 43.6 Å². The van der Waals surface area contributed by atoms with Gasteiger partial charge in [0.25, 0.3) is 10.0 Å². The van der Waals surface area contributed by atoms with Crippen LogP contribution in [0.2, 0.25) is 0 Å². The third-order valence-electron chi connectivity index (χ3n) is 4.36. The van der Waals surface area contributed by atoms with Gasteiger partial charge in [0, 0.05) is 44.5 Å². The number of nitrogens with one attached hydrogen (secondary N) is 1. The molecule has 1 aliphatic rings. The van der Waals surface area contributed by atoms with E-state index in [-0.39, 0.29) is 10.8 Å². The summed E-state index contributed by atoms with van der Waals surface area (Å²) in [4.78, 5) is 18.0. The van der Waals surface area contributed by atoms with E-state index in [9.17, 15) is 13.2 Å². The van der Waals surface area contributed by atoms with Crippen molar-refractivity contribution >= 4 is 27.5 Å². The Morgan fingerprint density at radius 2 is 2.04 bits per heavy atom. The topological polar surface area (TPSA) is 91.7 Å². The molecule has 1 saturated heterocycles. The van der Waals surface area contributed by atoms with Gasteiger partial charge in [0.1, 0.15) is 5.84 Å². The summed E-state index contributed by atoms with van der Waals surface area (Å²) < 4.78 is 28.8. The highest BCUT2D eigenvalue weighted by molar-refractivity contribution is 7.90. The molecule has 1 fully saturated rings. The van der Waals surface area contributed by atoms with Crippen molar-refractivity contribution in [2.24, 2.45) is 4.40 Å². The SMILES string of the molecule is CN1CCC/C1=N\S(=O)(=O)c1ccc(NC(=O)CCc2cccnc2)cc1. The number of hydrogen-bond donors (Lipinski definition) is 1. The maximum absolute atomic E-state index is 12.4. The lowest BCUT2D eigenvalue weighted by Crippen LogP contribution is -2.20. The van der Waals surface area contributed by atoms with Crippen molar-refractivity contribution in [2.75, 3.05) is 18.9 Å². The molecule has 8 heteroatoms. The Bertz CT molecular complexity index is 925. The number of carbonyl (C=O) groups excluding carboxylic acids is 1. The van der Waals surface area contributed by atoms with Crippen LogP contribution in [0.4, 0.5) is 5.69 Å². The fourth-order valence-electron chi connectivity index (χ4n) is 2.84. The molecule has 2 heterocycles. The third-order valence-corrected chi connectivity index (χ3v) is 5.68. The van der Waals surface area contributed by atoms with Crippen LogP contribution in [0.5, 0.6) is 0 Å². The maximum Gasteiger partial charge on any atom is 0.283 e. The van der Waals surface area contributed by atoms with Gasteiger partial charge in [0.05, 0.1) is 4.90 Å². The number of sulfonamides is 1. The quantitative estimate of drug-likeness (QED) is 0.823. The molecule has 0 saturated carbocycles. The largest absolute Gasteiger partial charge is 0.362 e. The fourth-order valence-corrected chi connectivity index (χ4v) is 3.93. The number of rotatable bonds is 6. The number of likely N-dealkylation sites (tertiary alicyclic amines) is 1. The highest BCUT2D eigenvalue weighted by Crippen LogP contribution is 2.19. The molecule has 0 radical (unpaired) electrons. The maximum atomic E-state index is 12.4. The predicted octanol–water partition coefficient (Wildman–Crippen LogP) is 2.47. The van der Waals surface area contributed by atoms with E-state index < -0.39 is 10.0 Å². The normalized spacial score (nSPS) is 15.9. The van der Waals surface area contributed by atoms with Crippen molar-refractivity contribution in [3.63, 3.8) is 0 Å². The fraction of sp³-hybridized carbons (Fsp3) is 0.316. The van der Waals surface area contributed by atoms with E-state index in [2.05, 4.69) is 14.7 Å². The van der Waals surface area contributed by atoms with Crippen LogP contribution in [0, 0.1) is 0 Å². The second-order valence-corrected chi connectivity index (χ2v) is 8.05. The predicted molar refractivity (Wildman–Crippen MR) is 104 cm³/mol. The smallest absolute Gasteiger partial charge is 0.283 e. The first-order valence-corrected chi connectivity index (χ1v) is 10.2. The lowest BCUT2D eigenvalue weighted by atomic mass is 10.1. The van der Waals surface area contributed by atoms with Crippen LogP contribution in [0.3, 0.4) is 0 Å². The molecule has 0 atom stereocenters. The van der Waals surface area contributed by atoms with Crippen molar-refractivity contribution in [3.05, 3.63) is 54.4 Å². The monoisotopic (exact) mass is 386 g/mol. The summed E-state index contributed by atoms with van der Waals surface area (Å²) in [6.45, 7) is 0.818. The minimum atomic E-state index is -3.74. The van der Waals surface area contributed by atoms with E-state index >= 15 is 0 Å². The van der Waals surface area contributed by atoms with Crippen molar-refractivity contribution in [3.8, 4) is 0 Å². The molecule has 3 rings (SSSR count). The van der Waals surface area contributed by atoms with Gasteiger partial charge in [-0.3, -0.25) is 9.78 Å². The minimum Gasteiger partial charge on any atom is -0.362 e. The summed E-state index contributed by atoms with van der Waals surface area (Å²) in [5.41, 5.74) is 1.54. The number of carbonyl (C=O) groups is 1. The van der Waals surface area contributed by atoms with Gasteiger partial charge in [0.15, 0.2) is 0 Å². The van der Waals surface area contributed by atoms with E-state index in [4.69, 9.17) is 0 Å². The zero-order valence-electron chi connectivity index (χ0n) is 15.1. The second kappa shape index (κ2) is 8.30. The van der Waals surface area contributed by atoms with Crippen LogP contribution in [0.15, 0.2) is 58.1 Å². The molecule has 1 aliphatic heterocycles. The number of amides is 1. The van der Waals surface area contributed by atoms with Gasteiger partial charge in [-0.1, -0.05) is 6.07 Å². The Kier molecular flexibility index (Phi) is 5.85. The third kappa shape index (κ3) is 5.13. The van der Waals surface area contributed by atoms with Gasteiger partial charge in [-0.25, -0.2) is 0 Å². The standard InChI is InChI=1S/C19H22N4O3S/c1-23-13-3-5-18(23)22-27(25,26)17-9-7-16(8-10-17)21-19(24)11-6-15-4-2-12-20-14-15/h2,4,7-10,12,14H,3,5-6,11,13H2,1H3,(H,21,24)/b22-18+. The molecule has 1 N–H and O–H groups in total. The van der Waals surface area contributed by atoms with E-state index in [0.29, 0.717) is 30.8 Å². The Labute approximate surface area is 159 Å². The van der Waals surface area contributed by atoms with Crippen molar-refractivity contribution in [2.45, 2.75) is 30.6 Å². The van der Waals surface area contributed by atoms with Crippen LogP contribution < -0.4 is 5.32 Å². The molecule has 0 aliphatic carbocycles. The number of benzene rings is 1. The number of amidine groups is 1. The molecule has 0 unspecified atom stereocenters. The van der Waals surface area contributed by atoms with E-state index in [1.54, 1.807) is 24.5 Å². The number of hydrogen-bond acceptors (Lipinski definition) is 4. The van der Waals surface area contributed by atoms with Gasteiger partial charge in [0.2, 0.25) is 5.91 Å². The van der Waals surface area contributed by atoms with Crippen LogP contribution in [0.1, 0.15) is 24.8 Å². The number of aryl methyl sites for hydroxylation is 1. The van der Waals surface area contributed by atoms with Gasteiger partial charge in [-0.15, -0.1) is 4.40 Å². The van der Waals surface area contributed by atoms with E-state index in [1.165, 1.54) is 12.1 Å². The molecule has 0 spiro atoms. The van der Waals surface area contributed by atoms with Gasteiger partial charge >= 0.3 is 0 Å². The average Bonchev–Trinajstić information content (AvgIpc) is 3.05. The highest BCUT2D eigenvalue weighted by Gasteiger charge is 2.20. The molecule has 1 aromatic carbocycles. The van der Waals surface area contributed by atoms with E-state index in [0.717, 1.165) is 18.5 Å². The minimum absolute atomic E-state index is 0.114.